The summed E-state index contributed by atoms with van der Waals surface area (Å²) in [6.07, 6.45) is 0.676. The first kappa shape index (κ1) is 26.6. The van der Waals surface area contributed by atoms with Crippen molar-refractivity contribution in [2.24, 2.45) is 5.10 Å². The average Bonchev–Trinajstić information content (AvgIpc) is 2.89. The number of hydrogen-bond donors (Lipinski definition) is 1. The van der Waals surface area contributed by atoms with E-state index >= 15 is 0 Å². The molecule has 202 valence electrons. The summed E-state index contributed by atoms with van der Waals surface area (Å²) >= 11 is 0. The third kappa shape index (κ3) is 5.56. The van der Waals surface area contributed by atoms with E-state index in [1.54, 1.807) is 19.1 Å². The summed E-state index contributed by atoms with van der Waals surface area (Å²) in [6.45, 7) is 5.90. The lowest BCUT2D eigenvalue weighted by molar-refractivity contribution is -0.384. The highest BCUT2D eigenvalue weighted by Gasteiger charge is 2.32. The predicted molar refractivity (Wildman–Crippen MR) is 150 cm³/mol. The molecule has 1 fully saturated rings. The van der Waals surface area contributed by atoms with Crippen LogP contribution in [-0.2, 0) is 33.2 Å². The van der Waals surface area contributed by atoms with Crippen molar-refractivity contribution in [2.45, 2.75) is 39.5 Å². The van der Waals surface area contributed by atoms with Gasteiger partial charge in [-0.1, -0.05) is 12.1 Å². The standard InChI is InChI=1S/C29H29N3O6S/c1-4-37-28(33)13-20-11-17(2)12-27-24(20)14-25-26(38-27)10-9-23(21-15-39(36)16-21)29(25)31-30-18(3)19-5-7-22(8-6-19)32(34)35/h5-12,21,31H,4,13-16H2,1-3H3. The predicted octanol–water partition coefficient (Wildman–Crippen LogP) is 5.39. The monoisotopic (exact) mass is 547 g/mol. The molecule has 10 heteroatoms. The number of nitrogens with one attached hydrogen (secondary N) is 1. The van der Waals surface area contributed by atoms with Crippen LogP contribution < -0.4 is 10.2 Å². The Morgan fingerprint density at radius 2 is 1.90 bits per heavy atom. The number of rotatable bonds is 8. The zero-order valence-electron chi connectivity index (χ0n) is 22.0. The molecule has 1 saturated heterocycles. The van der Waals surface area contributed by atoms with Crippen molar-refractivity contribution >= 4 is 33.9 Å². The van der Waals surface area contributed by atoms with Gasteiger partial charge in [-0.2, -0.15) is 5.10 Å². The Balaban J connectivity index is 1.52. The van der Waals surface area contributed by atoms with Crippen molar-refractivity contribution in [1.82, 2.24) is 0 Å². The number of aryl methyl sites for hydroxylation is 1. The molecule has 2 aliphatic heterocycles. The molecular formula is C29H29N3O6S. The normalized spacial score (nSPS) is 17.8. The summed E-state index contributed by atoms with van der Waals surface area (Å²) < 4.78 is 23.5. The Labute approximate surface area is 228 Å². The van der Waals surface area contributed by atoms with E-state index < -0.39 is 15.7 Å². The van der Waals surface area contributed by atoms with Gasteiger partial charge in [-0.3, -0.25) is 24.5 Å². The molecule has 0 amide bonds. The molecule has 1 N–H and O–H groups in total. The van der Waals surface area contributed by atoms with Crippen LogP contribution >= 0.6 is 0 Å². The number of carbonyl (C=O) groups is 1. The molecule has 5 rings (SSSR count). The number of carbonyl (C=O) groups excluding carboxylic acids is 1. The smallest absolute Gasteiger partial charge is 0.310 e. The number of non-ortho nitro benzene ring substituents is 1. The molecule has 39 heavy (non-hydrogen) atoms. The molecule has 0 radical (unpaired) electrons. The first-order chi connectivity index (χ1) is 18.7. The quantitative estimate of drug-likeness (QED) is 0.136. The number of ether oxygens (including phenoxy) is 2. The van der Waals surface area contributed by atoms with Crippen molar-refractivity contribution in [3.8, 4) is 11.5 Å². The lowest BCUT2D eigenvalue weighted by Crippen LogP contribution is -2.29. The van der Waals surface area contributed by atoms with Gasteiger partial charge in [0.1, 0.15) is 11.5 Å². The van der Waals surface area contributed by atoms with E-state index in [-0.39, 0.29) is 24.0 Å². The van der Waals surface area contributed by atoms with Crippen molar-refractivity contribution in [3.05, 3.63) is 92.0 Å². The third-order valence-electron chi connectivity index (χ3n) is 7.01. The van der Waals surface area contributed by atoms with E-state index in [9.17, 15) is 19.1 Å². The van der Waals surface area contributed by atoms with Crippen molar-refractivity contribution in [3.63, 3.8) is 0 Å². The van der Waals surface area contributed by atoms with Crippen LogP contribution in [0, 0.1) is 17.0 Å². The second-order valence-electron chi connectivity index (χ2n) is 9.75. The second kappa shape index (κ2) is 11.0. The Morgan fingerprint density at radius 3 is 2.56 bits per heavy atom. The van der Waals surface area contributed by atoms with E-state index in [4.69, 9.17) is 9.47 Å². The molecule has 2 aliphatic rings. The number of nitro benzene ring substituents is 1. The number of anilines is 1. The molecule has 0 saturated carbocycles. The van der Waals surface area contributed by atoms with Gasteiger partial charge in [-0.05, 0) is 67.3 Å². The molecule has 0 unspecified atom stereocenters. The largest absolute Gasteiger partial charge is 0.466 e. The first-order valence-electron chi connectivity index (χ1n) is 12.7. The van der Waals surface area contributed by atoms with Crippen LogP contribution in [0.15, 0.2) is 53.6 Å². The molecule has 0 aliphatic carbocycles. The van der Waals surface area contributed by atoms with Crippen molar-refractivity contribution in [2.75, 3.05) is 23.5 Å². The summed E-state index contributed by atoms with van der Waals surface area (Å²) in [5, 5.41) is 15.6. The minimum Gasteiger partial charge on any atom is -0.466 e. The lowest BCUT2D eigenvalue weighted by Gasteiger charge is -2.31. The lowest BCUT2D eigenvalue weighted by atomic mass is 9.89. The van der Waals surface area contributed by atoms with Gasteiger partial charge in [0.15, 0.2) is 0 Å². The second-order valence-corrected chi connectivity index (χ2v) is 11.3. The summed E-state index contributed by atoms with van der Waals surface area (Å²) in [4.78, 5) is 22.9. The Morgan fingerprint density at radius 1 is 1.15 bits per heavy atom. The van der Waals surface area contributed by atoms with Crippen molar-refractivity contribution < 1.29 is 23.4 Å². The summed E-state index contributed by atoms with van der Waals surface area (Å²) in [5.74, 6) is 2.43. The van der Waals surface area contributed by atoms with Gasteiger partial charge in [0.2, 0.25) is 0 Å². The van der Waals surface area contributed by atoms with Gasteiger partial charge in [0.25, 0.3) is 5.69 Å². The summed E-state index contributed by atoms with van der Waals surface area (Å²) in [7, 11) is -0.834. The van der Waals surface area contributed by atoms with E-state index in [1.165, 1.54) is 12.1 Å². The zero-order valence-corrected chi connectivity index (χ0v) is 22.8. The Kier molecular flexibility index (Phi) is 7.47. The molecule has 3 aromatic carbocycles. The fraction of sp³-hybridized carbons (Fsp3) is 0.310. The molecule has 0 aromatic heterocycles. The molecule has 9 nitrogen and oxygen atoms in total. The van der Waals surface area contributed by atoms with E-state index in [0.29, 0.717) is 36.0 Å². The maximum absolute atomic E-state index is 12.4. The summed E-state index contributed by atoms with van der Waals surface area (Å²) in [6, 6.07) is 14.1. The minimum atomic E-state index is -0.834. The van der Waals surface area contributed by atoms with Gasteiger partial charge in [0, 0.05) is 57.9 Å². The maximum atomic E-state index is 12.4. The Hall–Kier alpha value is -4.05. The van der Waals surface area contributed by atoms with E-state index in [1.807, 2.05) is 38.1 Å². The number of hydrogen-bond acceptors (Lipinski definition) is 8. The van der Waals surface area contributed by atoms with Crippen LogP contribution in [0.3, 0.4) is 0 Å². The highest BCUT2D eigenvalue weighted by atomic mass is 32.2. The topological polar surface area (TPSA) is 120 Å². The van der Waals surface area contributed by atoms with Crippen LogP contribution in [-0.4, -0.2) is 38.9 Å². The fourth-order valence-electron chi connectivity index (χ4n) is 4.97. The summed E-state index contributed by atoms with van der Waals surface area (Å²) in [5.41, 5.74) is 10.2. The number of nitro groups is 1. The van der Waals surface area contributed by atoms with Crippen LogP contribution in [0.25, 0.3) is 0 Å². The van der Waals surface area contributed by atoms with Gasteiger partial charge < -0.3 is 9.47 Å². The van der Waals surface area contributed by atoms with Crippen LogP contribution in [0.1, 0.15) is 53.1 Å². The third-order valence-corrected chi connectivity index (χ3v) is 8.56. The number of fused-ring (bicyclic) bond motifs is 2. The highest BCUT2D eigenvalue weighted by Crippen LogP contribution is 2.46. The molecule has 2 heterocycles. The van der Waals surface area contributed by atoms with Gasteiger partial charge in [-0.15, -0.1) is 0 Å². The Bertz CT molecular complexity index is 1510. The zero-order chi connectivity index (χ0) is 27.7. The van der Waals surface area contributed by atoms with Crippen LogP contribution in [0.4, 0.5) is 11.4 Å². The van der Waals surface area contributed by atoms with Gasteiger partial charge in [0.05, 0.1) is 29.4 Å². The number of benzene rings is 3. The highest BCUT2D eigenvalue weighted by molar-refractivity contribution is 7.86. The molecule has 0 spiro atoms. The van der Waals surface area contributed by atoms with Gasteiger partial charge in [-0.25, -0.2) is 0 Å². The number of nitrogens with zero attached hydrogens (tertiary/aromatic N) is 2. The molecule has 0 atom stereocenters. The molecular weight excluding hydrogens is 518 g/mol. The SMILES string of the molecule is CCOC(=O)Cc1cc(C)cc2c1Cc1c(ccc(C3CS(=O)C3)c1NN=C(C)c1ccc([N+](=O)[O-])cc1)O2. The average molecular weight is 548 g/mol. The van der Waals surface area contributed by atoms with Crippen molar-refractivity contribution in [1.29, 1.82) is 0 Å². The van der Waals surface area contributed by atoms with E-state index in [2.05, 4.69) is 10.5 Å². The maximum Gasteiger partial charge on any atom is 0.310 e. The first-order valence-corrected chi connectivity index (χ1v) is 14.2. The number of esters is 1. The van der Waals surface area contributed by atoms with E-state index in [0.717, 1.165) is 44.8 Å². The fourth-order valence-corrected chi connectivity index (χ4v) is 6.13. The molecule has 3 aromatic rings. The molecule has 0 bridgehead atoms. The minimum absolute atomic E-state index is 0.0154. The van der Waals surface area contributed by atoms with Crippen LogP contribution in [0.2, 0.25) is 0 Å². The van der Waals surface area contributed by atoms with Crippen LogP contribution in [0.5, 0.6) is 11.5 Å². The number of hydrazone groups is 1. The van der Waals surface area contributed by atoms with Gasteiger partial charge >= 0.3 is 5.97 Å².